The Labute approximate surface area is 107 Å². The van der Waals surface area contributed by atoms with E-state index in [-0.39, 0.29) is 11.8 Å². The van der Waals surface area contributed by atoms with Gasteiger partial charge in [-0.25, -0.2) is 0 Å². The molecule has 94 valence electrons. The van der Waals surface area contributed by atoms with Crippen LogP contribution in [0.5, 0.6) is 5.75 Å². The lowest BCUT2D eigenvalue weighted by atomic mass is 10.0. The lowest BCUT2D eigenvalue weighted by Crippen LogP contribution is -2.14. The summed E-state index contributed by atoms with van der Waals surface area (Å²) in [5.74, 6) is 0.630. The van der Waals surface area contributed by atoms with E-state index in [4.69, 9.17) is 22.1 Å². The molecule has 17 heavy (non-hydrogen) atoms. The fourth-order valence-electron chi connectivity index (χ4n) is 1.56. The highest BCUT2D eigenvalue weighted by atomic mass is 35.5. The molecule has 0 aliphatic heterocycles. The number of benzene rings is 1. The fourth-order valence-corrected chi connectivity index (χ4v) is 1.76. The van der Waals surface area contributed by atoms with Crippen LogP contribution in [0.2, 0.25) is 5.02 Å². The van der Waals surface area contributed by atoms with Gasteiger partial charge >= 0.3 is 0 Å². The van der Waals surface area contributed by atoms with Gasteiger partial charge in [-0.1, -0.05) is 11.6 Å². The van der Waals surface area contributed by atoms with Gasteiger partial charge in [-0.05, 0) is 38.0 Å². The molecule has 1 atom stereocenters. The Hall–Kier alpha value is -1.06. The van der Waals surface area contributed by atoms with Crippen molar-refractivity contribution in [1.29, 1.82) is 0 Å². The second-order valence-corrected chi connectivity index (χ2v) is 4.55. The molecule has 1 aromatic carbocycles. The van der Waals surface area contributed by atoms with Crippen molar-refractivity contribution >= 4 is 17.4 Å². The van der Waals surface area contributed by atoms with Gasteiger partial charge in [0.1, 0.15) is 5.75 Å². The first-order valence-corrected chi connectivity index (χ1v) is 6.04. The SMILES string of the molecule is COc1cc(C(=O)CCCC(C)N)ccc1Cl. The third kappa shape index (κ3) is 4.36. The van der Waals surface area contributed by atoms with Gasteiger partial charge in [-0.3, -0.25) is 4.79 Å². The molecule has 0 saturated heterocycles. The number of nitrogens with two attached hydrogens (primary N) is 1. The van der Waals surface area contributed by atoms with Crippen LogP contribution in [0, 0.1) is 0 Å². The number of ether oxygens (including phenoxy) is 1. The van der Waals surface area contributed by atoms with Crippen LogP contribution in [-0.4, -0.2) is 18.9 Å². The van der Waals surface area contributed by atoms with Crippen molar-refractivity contribution in [1.82, 2.24) is 0 Å². The van der Waals surface area contributed by atoms with Crippen molar-refractivity contribution in [2.45, 2.75) is 32.2 Å². The predicted molar refractivity (Wildman–Crippen MR) is 69.8 cm³/mol. The maximum absolute atomic E-state index is 11.9. The van der Waals surface area contributed by atoms with Crippen LogP contribution < -0.4 is 10.5 Å². The Bertz CT molecular complexity index is 391. The lowest BCUT2D eigenvalue weighted by Gasteiger charge is -2.07. The third-order valence-electron chi connectivity index (χ3n) is 2.54. The Kier molecular flexibility index (Phi) is 5.45. The van der Waals surface area contributed by atoms with Crippen LogP contribution in [0.1, 0.15) is 36.5 Å². The first kappa shape index (κ1) is 14.0. The average molecular weight is 256 g/mol. The number of carbonyl (C=O) groups is 1. The average Bonchev–Trinajstić information content (AvgIpc) is 2.29. The van der Waals surface area contributed by atoms with Crippen LogP contribution >= 0.6 is 11.6 Å². The number of rotatable bonds is 6. The van der Waals surface area contributed by atoms with Gasteiger partial charge in [0.25, 0.3) is 0 Å². The van der Waals surface area contributed by atoms with Crippen LogP contribution in [-0.2, 0) is 0 Å². The summed E-state index contributed by atoms with van der Waals surface area (Å²) in [5, 5.41) is 0.514. The van der Waals surface area contributed by atoms with E-state index in [1.807, 2.05) is 6.92 Å². The van der Waals surface area contributed by atoms with Crippen molar-refractivity contribution < 1.29 is 9.53 Å². The molecule has 4 heteroatoms. The molecule has 0 spiro atoms. The van der Waals surface area contributed by atoms with Gasteiger partial charge in [0.05, 0.1) is 12.1 Å². The minimum absolute atomic E-state index is 0.0978. The summed E-state index contributed by atoms with van der Waals surface area (Å²) in [7, 11) is 1.53. The van der Waals surface area contributed by atoms with Crippen molar-refractivity contribution in [3.63, 3.8) is 0 Å². The van der Waals surface area contributed by atoms with Crippen LogP contribution in [0.15, 0.2) is 18.2 Å². The molecule has 0 saturated carbocycles. The number of carbonyl (C=O) groups excluding carboxylic acids is 1. The quantitative estimate of drug-likeness (QED) is 0.795. The molecule has 0 bridgehead atoms. The van der Waals surface area contributed by atoms with Crippen LogP contribution in [0.25, 0.3) is 0 Å². The van der Waals surface area contributed by atoms with E-state index in [9.17, 15) is 4.79 Å². The lowest BCUT2D eigenvalue weighted by molar-refractivity contribution is 0.0978. The second kappa shape index (κ2) is 6.62. The first-order valence-electron chi connectivity index (χ1n) is 5.67. The first-order chi connectivity index (χ1) is 8.04. The minimum atomic E-state index is 0.0978. The van der Waals surface area contributed by atoms with E-state index in [0.29, 0.717) is 22.8 Å². The zero-order chi connectivity index (χ0) is 12.8. The number of methoxy groups -OCH3 is 1. The summed E-state index contributed by atoms with van der Waals surface area (Å²) >= 11 is 5.89. The monoisotopic (exact) mass is 255 g/mol. The molecule has 2 N–H and O–H groups in total. The van der Waals surface area contributed by atoms with E-state index < -0.39 is 0 Å². The molecule has 0 radical (unpaired) electrons. The Morgan fingerprint density at radius 3 is 2.82 bits per heavy atom. The normalized spacial score (nSPS) is 12.2. The molecule has 0 heterocycles. The van der Waals surface area contributed by atoms with Crippen molar-refractivity contribution in [3.05, 3.63) is 28.8 Å². The molecular weight excluding hydrogens is 238 g/mol. The summed E-state index contributed by atoms with van der Waals surface area (Å²) in [6.07, 6.45) is 2.17. The Morgan fingerprint density at radius 1 is 1.53 bits per heavy atom. The summed E-state index contributed by atoms with van der Waals surface area (Å²) in [6.45, 7) is 1.94. The molecule has 1 aromatic rings. The van der Waals surface area contributed by atoms with E-state index in [1.165, 1.54) is 7.11 Å². The molecule has 0 aliphatic carbocycles. The predicted octanol–water partition coefficient (Wildman–Crippen LogP) is 3.05. The van der Waals surface area contributed by atoms with Gasteiger partial charge in [0.2, 0.25) is 0 Å². The van der Waals surface area contributed by atoms with E-state index in [0.717, 1.165) is 12.8 Å². The Morgan fingerprint density at radius 2 is 2.24 bits per heavy atom. The largest absolute Gasteiger partial charge is 0.495 e. The molecule has 1 rings (SSSR count). The van der Waals surface area contributed by atoms with E-state index >= 15 is 0 Å². The summed E-state index contributed by atoms with van der Waals surface area (Å²) < 4.78 is 5.07. The van der Waals surface area contributed by atoms with Crippen molar-refractivity contribution in [3.8, 4) is 5.75 Å². The second-order valence-electron chi connectivity index (χ2n) is 4.14. The van der Waals surface area contributed by atoms with Gasteiger partial charge < -0.3 is 10.5 Å². The number of halogens is 1. The highest BCUT2D eigenvalue weighted by molar-refractivity contribution is 6.32. The molecule has 3 nitrogen and oxygen atoms in total. The topological polar surface area (TPSA) is 52.3 Å². The van der Waals surface area contributed by atoms with Crippen LogP contribution in [0.3, 0.4) is 0 Å². The maximum Gasteiger partial charge on any atom is 0.163 e. The zero-order valence-corrected chi connectivity index (χ0v) is 11.0. The van der Waals surface area contributed by atoms with Gasteiger partial charge in [0.15, 0.2) is 5.78 Å². The molecule has 0 fully saturated rings. The van der Waals surface area contributed by atoms with Crippen molar-refractivity contribution in [2.24, 2.45) is 5.73 Å². The number of ketones is 1. The highest BCUT2D eigenvalue weighted by Gasteiger charge is 2.09. The van der Waals surface area contributed by atoms with Gasteiger partial charge in [-0.15, -0.1) is 0 Å². The zero-order valence-electron chi connectivity index (χ0n) is 10.2. The fraction of sp³-hybridized carbons (Fsp3) is 0.462. The smallest absolute Gasteiger partial charge is 0.163 e. The van der Waals surface area contributed by atoms with Crippen LogP contribution in [0.4, 0.5) is 0 Å². The Balaban J connectivity index is 2.63. The van der Waals surface area contributed by atoms with E-state index in [1.54, 1.807) is 18.2 Å². The van der Waals surface area contributed by atoms with Gasteiger partial charge in [0, 0.05) is 18.0 Å². The molecule has 0 aliphatic rings. The number of hydrogen-bond acceptors (Lipinski definition) is 3. The summed E-state index contributed by atoms with van der Waals surface area (Å²) in [6, 6.07) is 5.22. The summed E-state index contributed by atoms with van der Waals surface area (Å²) in [5.41, 5.74) is 6.27. The standard InChI is InChI=1S/C13H18ClNO2/c1-9(15)4-3-5-12(16)10-6-7-11(14)13(8-10)17-2/h6-9H,3-5,15H2,1-2H3. The summed E-state index contributed by atoms with van der Waals surface area (Å²) in [4.78, 5) is 11.9. The molecule has 1 unspecified atom stereocenters. The molecule has 0 amide bonds. The number of Topliss-reactive ketones (excluding diaryl/α,β-unsaturated/α-hetero) is 1. The highest BCUT2D eigenvalue weighted by Crippen LogP contribution is 2.25. The molecule has 0 aromatic heterocycles. The van der Waals surface area contributed by atoms with Crippen molar-refractivity contribution in [2.75, 3.05) is 7.11 Å². The van der Waals surface area contributed by atoms with Gasteiger partial charge in [-0.2, -0.15) is 0 Å². The molecular formula is C13H18ClNO2. The maximum atomic E-state index is 11.9. The minimum Gasteiger partial charge on any atom is -0.495 e. The number of hydrogen-bond donors (Lipinski definition) is 1. The van der Waals surface area contributed by atoms with E-state index in [2.05, 4.69) is 0 Å². The third-order valence-corrected chi connectivity index (χ3v) is 2.85.